The highest BCUT2D eigenvalue weighted by atomic mass is 16.6. The molecule has 1 aromatic carbocycles. The number of hydrogen-bond donors (Lipinski definition) is 5. The van der Waals surface area contributed by atoms with E-state index in [0.717, 1.165) is 16.5 Å². The predicted molar refractivity (Wildman–Crippen MR) is 118 cm³/mol. The second-order valence-corrected chi connectivity index (χ2v) is 7.90. The number of amides is 1. The summed E-state index contributed by atoms with van der Waals surface area (Å²) in [5.41, 5.74) is 1.67. The second-order valence-electron chi connectivity index (χ2n) is 7.90. The third-order valence-electron chi connectivity index (χ3n) is 5.01. The predicted octanol–water partition coefficient (Wildman–Crippen LogP) is 1.07. The number of carboxylic acid groups (broad SMARTS) is 1. The van der Waals surface area contributed by atoms with Gasteiger partial charge >= 0.3 is 5.97 Å². The molecule has 2 rings (SSSR count). The van der Waals surface area contributed by atoms with Gasteiger partial charge in [-0.15, -0.1) is 0 Å². The number of methoxy groups -OCH3 is 1. The highest BCUT2D eigenvalue weighted by Gasteiger charge is 2.30. The van der Waals surface area contributed by atoms with Crippen LogP contribution in [0, 0.1) is 5.92 Å². The molecule has 0 spiro atoms. The van der Waals surface area contributed by atoms with Crippen LogP contribution in [0.25, 0.3) is 10.9 Å². The summed E-state index contributed by atoms with van der Waals surface area (Å²) in [7, 11) is 1.43. The summed E-state index contributed by atoms with van der Waals surface area (Å²) in [5, 5.41) is 36.6. The molecule has 5 N–H and O–H groups in total. The summed E-state index contributed by atoms with van der Waals surface area (Å²) in [6.07, 6.45) is -1.32. The lowest BCUT2D eigenvalue weighted by molar-refractivity contribution is -0.142. The number of hydrogen-bond acceptors (Lipinski definition) is 7. The Bertz CT molecular complexity index is 939. The Hall–Kier alpha value is -2.95. The van der Waals surface area contributed by atoms with Crippen molar-refractivity contribution in [3.8, 4) is 0 Å². The van der Waals surface area contributed by atoms with Gasteiger partial charge < -0.3 is 35.2 Å². The van der Waals surface area contributed by atoms with Gasteiger partial charge in [-0.25, -0.2) is 4.79 Å². The Labute approximate surface area is 186 Å². The van der Waals surface area contributed by atoms with Gasteiger partial charge in [0.1, 0.15) is 24.0 Å². The molecular weight excluding hydrogens is 418 g/mol. The number of fused-ring (bicyclic) bond motifs is 1. The lowest BCUT2D eigenvalue weighted by Crippen LogP contribution is -2.44. The van der Waals surface area contributed by atoms with Crippen molar-refractivity contribution in [2.45, 2.75) is 51.5 Å². The van der Waals surface area contributed by atoms with Crippen LogP contribution in [-0.2, 0) is 25.6 Å². The van der Waals surface area contributed by atoms with Crippen LogP contribution >= 0.6 is 0 Å². The van der Waals surface area contributed by atoms with Gasteiger partial charge in [0.2, 0.25) is 0 Å². The van der Waals surface area contributed by atoms with Crippen LogP contribution in [0.1, 0.15) is 26.3 Å². The molecular formula is C22H31N3O7. The highest BCUT2D eigenvalue weighted by Crippen LogP contribution is 2.19. The lowest BCUT2D eigenvalue weighted by atomic mass is 9.96. The summed E-state index contributed by atoms with van der Waals surface area (Å²) in [4.78, 5) is 32.1. The summed E-state index contributed by atoms with van der Waals surface area (Å²) in [5.74, 6) is -1.96. The van der Waals surface area contributed by atoms with E-state index in [1.165, 1.54) is 14.0 Å². The Kier molecular flexibility index (Phi) is 9.18. The number of aliphatic carboxylic acids is 1. The van der Waals surface area contributed by atoms with E-state index in [4.69, 9.17) is 9.57 Å². The monoisotopic (exact) mass is 449 g/mol. The van der Waals surface area contributed by atoms with E-state index >= 15 is 0 Å². The number of ether oxygens (including phenoxy) is 1. The number of rotatable bonds is 12. The topological polar surface area (TPSA) is 153 Å². The molecule has 0 saturated heterocycles. The largest absolute Gasteiger partial charge is 0.480 e. The normalized spacial score (nSPS) is 15.9. The van der Waals surface area contributed by atoms with E-state index in [1.807, 2.05) is 38.1 Å². The van der Waals surface area contributed by atoms with Crippen molar-refractivity contribution in [2.75, 3.05) is 13.7 Å². The van der Waals surface area contributed by atoms with Crippen LogP contribution in [0.2, 0.25) is 0 Å². The standard InChI is InChI=1S/C22H31N3O7/c1-12(2)21(31-4)19(20(28)13(3)26)25-32-11-18(27)24-17(22(29)30)9-14-10-23-16-8-6-5-7-15(14)16/h5-8,10,12-13,17,20-21,23,26,28H,9,11H2,1-4H3,(H,24,27)(H,29,30)/b25-19+/t13-,17+,20+,21+/m1/s1. The van der Waals surface area contributed by atoms with Crippen molar-refractivity contribution in [1.82, 2.24) is 10.3 Å². The zero-order valence-corrected chi connectivity index (χ0v) is 18.6. The minimum absolute atomic E-state index is 0.0406. The minimum Gasteiger partial charge on any atom is -0.480 e. The van der Waals surface area contributed by atoms with Gasteiger partial charge in [-0.1, -0.05) is 37.2 Å². The first kappa shape index (κ1) is 25.3. The molecule has 0 aliphatic carbocycles. The average Bonchev–Trinajstić information content (AvgIpc) is 3.14. The zero-order valence-electron chi connectivity index (χ0n) is 18.6. The maximum Gasteiger partial charge on any atom is 0.326 e. The molecule has 1 heterocycles. The first-order chi connectivity index (χ1) is 15.1. The number of H-pyrrole nitrogens is 1. The van der Waals surface area contributed by atoms with Gasteiger partial charge in [0.25, 0.3) is 5.91 Å². The van der Waals surface area contributed by atoms with Gasteiger partial charge in [0.05, 0.1) is 6.10 Å². The van der Waals surface area contributed by atoms with E-state index in [-0.39, 0.29) is 18.1 Å². The fourth-order valence-electron chi connectivity index (χ4n) is 3.38. The van der Waals surface area contributed by atoms with Crippen molar-refractivity contribution < 1.29 is 34.5 Å². The molecule has 176 valence electrons. The van der Waals surface area contributed by atoms with Crippen molar-refractivity contribution in [3.63, 3.8) is 0 Å². The molecule has 10 heteroatoms. The number of carbonyl (C=O) groups is 2. The van der Waals surface area contributed by atoms with Gasteiger partial charge in [-0.3, -0.25) is 4.79 Å². The average molecular weight is 450 g/mol. The Morgan fingerprint density at radius 1 is 1.19 bits per heavy atom. The Balaban J connectivity index is 2.05. The summed E-state index contributed by atoms with van der Waals surface area (Å²) in [6.45, 7) is 4.50. The van der Waals surface area contributed by atoms with Gasteiger partial charge in [-0.2, -0.15) is 0 Å². The molecule has 0 fully saturated rings. The first-order valence-corrected chi connectivity index (χ1v) is 10.3. The van der Waals surface area contributed by atoms with Crippen molar-refractivity contribution in [2.24, 2.45) is 11.1 Å². The molecule has 0 saturated carbocycles. The molecule has 4 atom stereocenters. The van der Waals surface area contributed by atoms with Gasteiger partial charge in [-0.05, 0) is 24.5 Å². The van der Waals surface area contributed by atoms with E-state index in [0.29, 0.717) is 0 Å². The van der Waals surface area contributed by atoms with E-state index in [9.17, 15) is 24.9 Å². The number of aliphatic hydroxyl groups excluding tert-OH is 2. The molecule has 10 nitrogen and oxygen atoms in total. The van der Waals surface area contributed by atoms with Crippen molar-refractivity contribution in [3.05, 3.63) is 36.0 Å². The van der Waals surface area contributed by atoms with Crippen LogP contribution in [0.3, 0.4) is 0 Å². The number of carboxylic acids is 1. The maximum atomic E-state index is 12.3. The molecule has 32 heavy (non-hydrogen) atoms. The first-order valence-electron chi connectivity index (χ1n) is 10.3. The van der Waals surface area contributed by atoms with Gasteiger partial charge in [0.15, 0.2) is 6.61 Å². The quantitative estimate of drug-likeness (QED) is 0.240. The number of aliphatic hydroxyl groups is 2. The number of nitrogens with one attached hydrogen (secondary N) is 2. The number of aromatic nitrogens is 1. The van der Waals surface area contributed by atoms with Crippen molar-refractivity contribution in [1.29, 1.82) is 0 Å². The molecule has 2 aromatic rings. The molecule has 0 radical (unpaired) electrons. The molecule has 0 bridgehead atoms. The summed E-state index contributed by atoms with van der Waals surface area (Å²) in [6, 6.07) is 6.30. The molecule has 0 aliphatic heterocycles. The Morgan fingerprint density at radius 2 is 1.88 bits per heavy atom. The van der Waals surface area contributed by atoms with E-state index in [2.05, 4.69) is 15.5 Å². The lowest BCUT2D eigenvalue weighted by Gasteiger charge is -2.25. The summed E-state index contributed by atoms with van der Waals surface area (Å²) < 4.78 is 5.33. The fourth-order valence-corrected chi connectivity index (χ4v) is 3.38. The Morgan fingerprint density at radius 3 is 2.47 bits per heavy atom. The number of para-hydroxylation sites is 1. The van der Waals surface area contributed by atoms with E-state index in [1.54, 1.807) is 6.20 Å². The third kappa shape index (κ3) is 6.52. The van der Waals surface area contributed by atoms with Crippen LogP contribution in [0.4, 0.5) is 0 Å². The maximum absolute atomic E-state index is 12.3. The van der Waals surface area contributed by atoms with Crippen LogP contribution in [0.15, 0.2) is 35.6 Å². The molecule has 1 aromatic heterocycles. The third-order valence-corrected chi connectivity index (χ3v) is 5.01. The molecule has 1 amide bonds. The molecule has 0 aliphatic rings. The van der Waals surface area contributed by atoms with Crippen LogP contribution in [0.5, 0.6) is 0 Å². The SMILES string of the molecule is CO[C@H](/C(=N/OCC(=O)N[C@@H](Cc1c[nH]c2ccccc12)C(=O)O)[C@@H](O)[C@@H](C)O)C(C)C. The summed E-state index contributed by atoms with van der Waals surface area (Å²) >= 11 is 0. The number of oxime groups is 1. The second kappa shape index (κ2) is 11.6. The van der Waals surface area contributed by atoms with Gasteiger partial charge in [0, 0.05) is 30.6 Å². The van der Waals surface area contributed by atoms with E-state index < -0.39 is 42.8 Å². The minimum atomic E-state index is -1.35. The number of nitrogens with zero attached hydrogens (tertiary/aromatic N) is 1. The fraction of sp³-hybridized carbons (Fsp3) is 0.500. The number of carbonyl (C=O) groups excluding carboxylic acids is 1. The van der Waals surface area contributed by atoms with Crippen LogP contribution in [-0.4, -0.2) is 76.0 Å². The number of aromatic amines is 1. The van der Waals surface area contributed by atoms with Crippen LogP contribution < -0.4 is 5.32 Å². The number of benzene rings is 1. The van der Waals surface area contributed by atoms with Crippen molar-refractivity contribution >= 4 is 28.5 Å². The molecule has 0 unspecified atom stereocenters. The zero-order chi connectivity index (χ0) is 23.8. The smallest absolute Gasteiger partial charge is 0.326 e. The highest BCUT2D eigenvalue weighted by molar-refractivity contribution is 5.93.